The summed E-state index contributed by atoms with van der Waals surface area (Å²) in [7, 11) is 2.12. The van der Waals surface area contributed by atoms with Gasteiger partial charge in [0.15, 0.2) is 0 Å². The standard InChI is InChI=1S/C13H18N2O2.ClH/c1-15-7-5-11(6-8-15)17-12-4-2-3-10(9-12)13(14)16;/h2-4,9,11H,5-8H2,1H3,(H2,14,16);1H. The van der Waals surface area contributed by atoms with Gasteiger partial charge in [-0.25, -0.2) is 0 Å². The molecule has 2 N–H and O–H groups in total. The molecule has 1 aromatic rings. The minimum atomic E-state index is -0.418. The van der Waals surface area contributed by atoms with E-state index in [0.29, 0.717) is 5.56 Å². The molecule has 0 aliphatic carbocycles. The van der Waals surface area contributed by atoms with Crippen molar-refractivity contribution in [1.82, 2.24) is 4.90 Å². The number of ether oxygens (including phenoxy) is 1. The Balaban J connectivity index is 0.00000162. The normalized spacial score (nSPS) is 16.9. The molecule has 100 valence electrons. The zero-order chi connectivity index (χ0) is 12.3. The number of piperidine rings is 1. The van der Waals surface area contributed by atoms with E-state index in [2.05, 4.69) is 11.9 Å². The minimum Gasteiger partial charge on any atom is -0.490 e. The Morgan fingerprint density at radius 3 is 2.67 bits per heavy atom. The van der Waals surface area contributed by atoms with Gasteiger partial charge in [-0.15, -0.1) is 12.4 Å². The van der Waals surface area contributed by atoms with Gasteiger partial charge in [0.25, 0.3) is 0 Å². The van der Waals surface area contributed by atoms with Gasteiger partial charge in [-0.3, -0.25) is 4.79 Å². The summed E-state index contributed by atoms with van der Waals surface area (Å²) in [6.07, 6.45) is 2.29. The largest absolute Gasteiger partial charge is 0.490 e. The highest BCUT2D eigenvalue weighted by atomic mass is 35.5. The quantitative estimate of drug-likeness (QED) is 0.909. The number of halogens is 1. The molecule has 1 fully saturated rings. The van der Waals surface area contributed by atoms with Crippen molar-refractivity contribution in [3.05, 3.63) is 29.8 Å². The van der Waals surface area contributed by atoms with E-state index in [1.807, 2.05) is 6.07 Å². The van der Waals surface area contributed by atoms with Crippen molar-refractivity contribution >= 4 is 18.3 Å². The molecule has 0 saturated carbocycles. The van der Waals surface area contributed by atoms with Crippen LogP contribution in [0.1, 0.15) is 23.2 Å². The Bertz CT molecular complexity index is 404. The monoisotopic (exact) mass is 270 g/mol. The maximum Gasteiger partial charge on any atom is 0.248 e. The smallest absolute Gasteiger partial charge is 0.248 e. The molecule has 2 rings (SSSR count). The van der Waals surface area contributed by atoms with Crippen molar-refractivity contribution in [3.63, 3.8) is 0 Å². The SMILES string of the molecule is CN1CCC(Oc2cccc(C(N)=O)c2)CC1.Cl. The van der Waals surface area contributed by atoms with Crippen LogP contribution in [-0.2, 0) is 0 Å². The fraction of sp³-hybridized carbons (Fsp3) is 0.462. The summed E-state index contributed by atoms with van der Waals surface area (Å²) in [6.45, 7) is 2.11. The first kappa shape index (κ1) is 14.8. The molecule has 0 unspecified atom stereocenters. The average molecular weight is 271 g/mol. The summed E-state index contributed by atoms with van der Waals surface area (Å²) < 4.78 is 5.86. The third kappa shape index (κ3) is 3.89. The van der Waals surface area contributed by atoms with Crippen LogP contribution in [0.2, 0.25) is 0 Å². The Labute approximate surface area is 114 Å². The highest BCUT2D eigenvalue weighted by molar-refractivity contribution is 5.93. The summed E-state index contributed by atoms with van der Waals surface area (Å²) in [6, 6.07) is 7.07. The summed E-state index contributed by atoms with van der Waals surface area (Å²) in [5.41, 5.74) is 5.73. The van der Waals surface area contributed by atoms with E-state index in [9.17, 15) is 4.79 Å². The van der Waals surface area contributed by atoms with E-state index in [-0.39, 0.29) is 18.5 Å². The van der Waals surface area contributed by atoms with Crippen molar-refractivity contribution in [3.8, 4) is 5.75 Å². The van der Waals surface area contributed by atoms with Crippen molar-refractivity contribution in [2.45, 2.75) is 18.9 Å². The maximum absolute atomic E-state index is 11.0. The molecule has 1 aromatic carbocycles. The van der Waals surface area contributed by atoms with Crippen molar-refractivity contribution in [2.75, 3.05) is 20.1 Å². The Morgan fingerprint density at radius 2 is 2.06 bits per heavy atom. The number of nitrogens with zero attached hydrogens (tertiary/aromatic N) is 1. The topological polar surface area (TPSA) is 55.6 Å². The van der Waals surface area contributed by atoms with Gasteiger partial charge < -0.3 is 15.4 Å². The molecule has 0 aromatic heterocycles. The second kappa shape index (κ2) is 6.61. The number of carbonyl (C=O) groups excluding carboxylic acids is 1. The molecule has 1 saturated heterocycles. The molecule has 18 heavy (non-hydrogen) atoms. The van der Waals surface area contributed by atoms with Crippen LogP contribution in [0.15, 0.2) is 24.3 Å². The highest BCUT2D eigenvalue weighted by Crippen LogP contribution is 2.19. The van der Waals surface area contributed by atoms with E-state index in [4.69, 9.17) is 10.5 Å². The molecule has 1 amide bonds. The zero-order valence-corrected chi connectivity index (χ0v) is 11.3. The van der Waals surface area contributed by atoms with Crippen LogP contribution >= 0.6 is 12.4 Å². The molecule has 0 radical (unpaired) electrons. The Kier molecular flexibility index (Phi) is 5.44. The van der Waals surface area contributed by atoms with Gasteiger partial charge in [0.2, 0.25) is 5.91 Å². The van der Waals surface area contributed by atoms with E-state index < -0.39 is 5.91 Å². The molecule has 5 heteroatoms. The molecule has 1 aliphatic rings. The van der Waals surface area contributed by atoms with Gasteiger partial charge in [0, 0.05) is 18.7 Å². The molecule has 4 nitrogen and oxygen atoms in total. The molecule has 0 bridgehead atoms. The van der Waals surface area contributed by atoms with E-state index in [1.54, 1.807) is 18.2 Å². The highest BCUT2D eigenvalue weighted by Gasteiger charge is 2.18. The van der Waals surface area contributed by atoms with Crippen molar-refractivity contribution < 1.29 is 9.53 Å². The molecule has 1 heterocycles. The molecule has 0 atom stereocenters. The van der Waals surface area contributed by atoms with Gasteiger partial charge >= 0.3 is 0 Å². The predicted molar refractivity (Wildman–Crippen MR) is 73.4 cm³/mol. The summed E-state index contributed by atoms with van der Waals surface area (Å²) in [4.78, 5) is 13.3. The van der Waals surface area contributed by atoms with Crippen LogP contribution in [0.25, 0.3) is 0 Å². The van der Waals surface area contributed by atoms with Crippen LogP contribution in [0.4, 0.5) is 0 Å². The second-order valence-electron chi connectivity index (χ2n) is 4.51. The first-order valence-corrected chi connectivity index (χ1v) is 5.90. The lowest BCUT2D eigenvalue weighted by molar-refractivity contribution is 0.0996. The molecular weight excluding hydrogens is 252 g/mol. The second-order valence-corrected chi connectivity index (χ2v) is 4.51. The van der Waals surface area contributed by atoms with Gasteiger partial charge in [-0.1, -0.05) is 6.07 Å². The summed E-state index contributed by atoms with van der Waals surface area (Å²) in [5, 5.41) is 0. The van der Waals surface area contributed by atoms with Crippen LogP contribution in [0, 0.1) is 0 Å². The van der Waals surface area contributed by atoms with E-state index >= 15 is 0 Å². The number of carbonyl (C=O) groups is 1. The lowest BCUT2D eigenvalue weighted by Gasteiger charge is -2.29. The average Bonchev–Trinajstić information content (AvgIpc) is 2.32. The molecular formula is C13H19ClN2O2. The van der Waals surface area contributed by atoms with Crippen LogP contribution < -0.4 is 10.5 Å². The minimum absolute atomic E-state index is 0. The fourth-order valence-electron chi connectivity index (χ4n) is 2.02. The summed E-state index contributed by atoms with van der Waals surface area (Å²) in [5.74, 6) is 0.315. The van der Waals surface area contributed by atoms with Crippen LogP contribution in [0.5, 0.6) is 5.75 Å². The Morgan fingerprint density at radius 1 is 1.39 bits per heavy atom. The number of likely N-dealkylation sites (tertiary alicyclic amines) is 1. The van der Waals surface area contributed by atoms with Crippen LogP contribution in [-0.4, -0.2) is 37.0 Å². The van der Waals surface area contributed by atoms with Gasteiger partial charge in [-0.2, -0.15) is 0 Å². The fourth-order valence-corrected chi connectivity index (χ4v) is 2.02. The van der Waals surface area contributed by atoms with E-state index in [1.165, 1.54) is 0 Å². The zero-order valence-electron chi connectivity index (χ0n) is 10.5. The molecule has 0 spiro atoms. The number of benzene rings is 1. The lowest BCUT2D eigenvalue weighted by atomic mass is 10.1. The maximum atomic E-state index is 11.0. The number of hydrogen-bond donors (Lipinski definition) is 1. The van der Waals surface area contributed by atoms with Crippen molar-refractivity contribution in [2.24, 2.45) is 5.73 Å². The summed E-state index contributed by atoms with van der Waals surface area (Å²) >= 11 is 0. The van der Waals surface area contributed by atoms with Gasteiger partial charge in [0.1, 0.15) is 11.9 Å². The predicted octanol–water partition coefficient (Wildman–Crippen LogP) is 1.68. The first-order chi connectivity index (χ1) is 8.15. The number of rotatable bonds is 3. The first-order valence-electron chi connectivity index (χ1n) is 5.90. The van der Waals surface area contributed by atoms with Crippen molar-refractivity contribution in [1.29, 1.82) is 0 Å². The van der Waals surface area contributed by atoms with Gasteiger partial charge in [0.05, 0.1) is 0 Å². The number of nitrogens with two attached hydrogens (primary N) is 1. The number of hydrogen-bond acceptors (Lipinski definition) is 3. The van der Waals surface area contributed by atoms with Gasteiger partial charge in [-0.05, 0) is 38.1 Å². The number of primary amides is 1. The lowest BCUT2D eigenvalue weighted by Crippen LogP contribution is -2.35. The van der Waals surface area contributed by atoms with Crippen LogP contribution in [0.3, 0.4) is 0 Å². The molecule has 1 aliphatic heterocycles. The third-order valence-electron chi connectivity index (χ3n) is 3.09. The van der Waals surface area contributed by atoms with E-state index in [0.717, 1.165) is 31.7 Å². The Hall–Kier alpha value is -1.26. The third-order valence-corrected chi connectivity index (χ3v) is 3.09. The number of amides is 1.